The third-order valence-electron chi connectivity index (χ3n) is 8.19. The predicted molar refractivity (Wildman–Crippen MR) is 165 cm³/mol. The molecule has 0 spiro atoms. The van der Waals surface area contributed by atoms with E-state index in [-0.39, 0.29) is 17.8 Å². The van der Waals surface area contributed by atoms with Gasteiger partial charge in [-0.05, 0) is 31.9 Å². The molecule has 4 aromatic rings. The molecule has 0 radical (unpaired) electrons. The molecule has 0 amide bonds. The van der Waals surface area contributed by atoms with Crippen molar-refractivity contribution in [3.8, 4) is 17.3 Å². The molecule has 2 aliphatic heterocycles. The second-order valence-corrected chi connectivity index (χ2v) is 10.8. The van der Waals surface area contributed by atoms with Gasteiger partial charge in [0.05, 0.1) is 47.7 Å². The SMILES string of the molecule is C=CC(C)Nc1cc(N2CCC(N3CCOCC3)CC2)c(F)cc1Nc1ncc(C#N)c(-c2c[nH]c3ccccc23)n1. The van der Waals surface area contributed by atoms with Crippen LogP contribution in [0.2, 0.25) is 0 Å². The van der Waals surface area contributed by atoms with E-state index >= 15 is 4.39 Å². The fourth-order valence-electron chi connectivity index (χ4n) is 5.86. The van der Waals surface area contributed by atoms with Crippen LogP contribution in [0.4, 0.5) is 27.4 Å². The minimum atomic E-state index is -0.315. The number of aromatic amines is 1. The van der Waals surface area contributed by atoms with Crippen LogP contribution in [-0.2, 0) is 4.74 Å². The molecule has 2 fully saturated rings. The predicted octanol–water partition coefficient (Wildman–Crippen LogP) is 5.67. The minimum Gasteiger partial charge on any atom is -0.379 e. The molecule has 4 heterocycles. The Hall–Kier alpha value is -4.46. The van der Waals surface area contributed by atoms with Crippen molar-refractivity contribution in [3.63, 3.8) is 0 Å². The number of nitrogens with zero attached hydrogens (tertiary/aromatic N) is 5. The van der Waals surface area contributed by atoms with Gasteiger partial charge in [0.25, 0.3) is 0 Å². The molecule has 2 saturated heterocycles. The van der Waals surface area contributed by atoms with Gasteiger partial charge >= 0.3 is 0 Å². The van der Waals surface area contributed by atoms with Crippen LogP contribution in [0.5, 0.6) is 0 Å². The number of morpholine rings is 1. The molecule has 2 aliphatic rings. The number of aromatic nitrogens is 3. The van der Waals surface area contributed by atoms with Crippen molar-refractivity contribution in [1.29, 1.82) is 5.26 Å². The van der Waals surface area contributed by atoms with Crippen molar-refractivity contribution in [2.24, 2.45) is 0 Å². The number of benzene rings is 2. The average Bonchev–Trinajstić information content (AvgIpc) is 3.47. The molecule has 10 heteroatoms. The van der Waals surface area contributed by atoms with Crippen LogP contribution in [-0.4, -0.2) is 71.3 Å². The van der Waals surface area contributed by atoms with Gasteiger partial charge in [-0.25, -0.2) is 14.4 Å². The van der Waals surface area contributed by atoms with Crippen LogP contribution in [0.15, 0.2) is 61.4 Å². The second-order valence-electron chi connectivity index (χ2n) is 10.8. The molecule has 3 N–H and O–H groups in total. The Morgan fingerprint density at radius 3 is 2.71 bits per heavy atom. The van der Waals surface area contributed by atoms with Gasteiger partial charge in [-0.3, -0.25) is 4.90 Å². The number of H-pyrrole nitrogens is 1. The van der Waals surface area contributed by atoms with Crippen molar-refractivity contribution in [3.05, 3.63) is 72.8 Å². The van der Waals surface area contributed by atoms with Crippen LogP contribution < -0.4 is 15.5 Å². The van der Waals surface area contributed by atoms with Gasteiger partial charge in [-0.1, -0.05) is 24.3 Å². The highest BCUT2D eigenvalue weighted by atomic mass is 19.1. The quantitative estimate of drug-likeness (QED) is 0.235. The van der Waals surface area contributed by atoms with Gasteiger partial charge in [0.15, 0.2) is 0 Å². The average molecular weight is 567 g/mol. The molecular weight excluding hydrogens is 531 g/mol. The summed E-state index contributed by atoms with van der Waals surface area (Å²) in [4.78, 5) is 17.0. The highest BCUT2D eigenvalue weighted by molar-refractivity contribution is 5.95. The number of piperidine rings is 1. The van der Waals surface area contributed by atoms with Gasteiger partial charge in [0, 0.05) is 67.0 Å². The molecule has 9 nitrogen and oxygen atoms in total. The molecule has 1 atom stereocenters. The summed E-state index contributed by atoms with van der Waals surface area (Å²) in [6.45, 7) is 11.0. The summed E-state index contributed by atoms with van der Waals surface area (Å²) in [6, 6.07) is 13.8. The Morgan fingerprint density at radius 2 is 1.95 bits per heavy atom. The Balaban J connectivity index is 1.28. The van der Waals surface area contributed by atoms with Crippen molar-refractivity contribution >= 4 is 33.9 Å². The monoisotopic (exact) mass is 566 g/mol. The highest BCUT2D eigenvalue weighted by Gasteiger charge is 2.28. The number of nitrogens with one attached hydrogen (secondary N) is 3. The molecule has 0 bridgehead atoms. The van der Waals surface area contributed by atoms with Gasteiger partial charge < -0.3 is 25.3 Å². The number of fused-ring (bicyclic) bond motifs is 1. The summed E-state index contributed by atoms with van der Waals surface area (Å²) in [5, 5.41) is 17.4. The maximum absolute atomic E-state index is 15.7. The van der Waals surface area contributed by atoms with E-state index in [0.29, 0.717) is 28.7 Å². The van der Waals surface area contributed by atoms with E-state index in [9.17, 15) is 5.26 Å². The molecule has 0 aliphatic carbocycles. The Kier molecular flexibility index (Phi) is 8.04. The lowest BCUT2D eigenvalue weighted by Crippen LogP contribution is -2.49. The number of para-hydroxylation sites is 1. The van der Waals surface area contributed by atoms with E-state index in [1.54, 1.807) is 6.08 Å². The molecule has 0 saturated carbocycles. The van der Waals surface area contributed by atoms with Gasteiger partial charge in [-0.15, -0.1) is 6.58 Å². The lowest BCUT2D eigenvalue weighted by atomic mass is 10.0. The summed E-state index contributed by atoms with van der Waals surface area (Å²) in [5.74, 6) is -0.0494. The van der Waals surface area contributed by atoms with E-state index in [1.165, 1.54) is 12.3 Å². The van der Waals surface area contributed by atoms with E-state index in [4.69, 9.17) is 9.72 Å². The van der Waals surface area contributed by atoms with Crippen molar-refractivity contribution < 1.29 is 9.13 Å². The molecule has 216 valence electrons. The summed E-state index contributed by atoms with van der Waals surface area (Å²) in [5.41, 5.74) is 4.39. The number of anilines is 4. The summed E-state index contributed by atoms with van der Waals surface area (Å²) < 4.78 is 21.3. The van der Waals surface area contributed by atoms with Crippen LogP contribution >= 0.6 is 0 Å². The van der Waals surface area contributed by atoms with Crippen molar-refractivity contribution in [2.75, 3.05) is 54.9 Å². The molecule has 1 unspecified atom stereocenters. The van der Waals surface area contributed by atoms with Gasteiger partial charge in [0.2, 0.25) is 5.95 Å². The third kappa shape index (κ3) is 5.66. The molecule has 2 aromatic heterocycles. The van der Waals surface area contributed by atoms with Crippen molar-refractivity contribution in [2.45, 2.75) is 31.8 Å². The summed E-state index contributed by atoms with van der Waals surface area (Å²) in [7, 11) is 0. The first kappa shape index (κ1) is 27.7. The first-order chi connectivity index (χ1) is 20.5. The largest absolute Gasteiger partial charge is 0.379 e. The zero-order valence-corrected chi connectivity index (χ0v) is 23.7. The Morgan fingerprint density at radius 1 is 1.17 bits per heavy atom. The number of hydrogen-bond donors (Lipinski definition) is 3. The van der Waals surface area contributed by atoms with Crippen LogP contribution in [0.1, 0.15) is 25.3 Å². The first-order valence-corrected chi connectivity index (χ1v) is 14.4. The fourth-order valence-corrected chi connectivity index (χ4v) is 5.86. The lowest BCUT2D eigenvalue weighted by molar-refractivity contribution is 0.0115. The van der Waals surface area contributed by atoms with E-state index in [0.717, 1.165) is 74.4 Å². The number of rotatable bonds is 8. The number of nitriles is 1. The normalized spacial score (nSPS) is 17.1. The second kappa shape index (κ2) is 12.2. The van der Waals surface area contributed by atoms with E-state index in [2.05, 4.69) is 43.0 Å². The Labute approximate surface area is 245 Å². The standard InChI is InChI=1S/C32H35FN8O/c1-3-21(2)37-29-17-30(41-10-8-23(9-11-41)40-12-14-42-15-13-40)26(33)16-28(29)38-32-36-19-22(18-34)31(39-32)25-20-35-27-7-5-4-6-24(25)27/h3-7,16-17,19-21,23,35,37H,1,8-15H2,2H3,(H,36,38,39). The summed E-state index contributed by atoms with van der Waals surface area (Å²) >= 11 is 0. The first-order valence-electron chi connectivity index (χ1n) is 14.4. The summed E-state index contributed by atoms with van der Waals surface area (Å²) in [6.07, 6.45) is 7.11. The fraction of sp³-hybridized carbons (Fsp3) is 0.344. The zero-order valence-electron chi connectivity index (χ0n) is 23.7. The molecular formula is C32H35FN8O. The molecule has 42 heavy (non-hydrogen) atoms. The topological polar surface area (TPSA) is 105 Å². The minimum absolute atomic E-state index is 0.0559. The van der Waals surface area contributed by atoms with Gasteiger partial charge in [-0.2, -0.15) is 5.26 Å². The zero-order chi connectivity index (χ0) is 29.1. The van der Waals surface area contributed by atoms with E-state index < -0.39 is 0 Å². The third-order valence-corrected chi connectivity index (χ3v) is 8.19. The van der Waals surface area contributed by atoms with E-state index in [1.807, 2.05) is 43.5 Å². The number of hydrogen-bond acceptors (Lipinski definition) is 8. The maximum atomic E-state index is 15.7. The Bertz CT molecular complexity index is 1610. The molecule has 2 aromatic carbocycles. The van der Waals surface area contributed by atoms with Crippen molar-refractivity contribution in [1.82, 2.24) is 19.9 Å². The molecule has 6 rings (SSSR count). The van der Waals surface area contributed by atoms with Crippen LogP contribution in [0, 0.1) is 17.1 Å². The van der Waals surface area contributed by atoms with Crippen LogP contribution in [0.3, 0.4) is 0 Å². The maximum Gasteiger partial charge on any atom is 0.227 e. The highest BCUT2D eigenvalue weighted by Crippen LogP contribution is 2.36. The van der Waals surface area contributed by atoms with Crippen LogP contribution in [0.25, 0.3) is 22.2 Å². The number of ether oxygens (including phenoxy) is 1. The smallest absolute Gasteiger partial charge is 0.227 e. The van der Waals surface area contributed by atoms with Gasteiger partial charge in [0.1, 0.15) is 11.9 Å². The lowest BCUT2D eigenvalue weighted by Gasteiger charge is -2.41. The number of halogens is 1.